The van der Waals surface area contributed by atoms with Crippen molar-refractivity contribution in [1.82, 2.24) is 5.32 Å². The van der Waals surface area contributed by atoms with Crippen LogP contribution in [0.5, 0.6) is 11.5 Å². The molecular formula is C21H28N2O5. The van der Waals surface area contributed by atoms with Crippen molar-refractivity contribution in [3.63, 3.8) is 0 Å². The zero-order valence-electron chi connectivity index (χ0n) is 16.5. The third-order valence-electron chi connectivity index (χ3n) is 7.10. The molecule has 4 saturated carbocycles. The molecule has 1 amide bonds. The van der Waals surface area contributed by atoms with Gasteiger partial charge < -0.3 is 14.8 Å². The molecule has 5 rings (SSSR count). The van der Waals surface area contributed by atoms with Gasteiger partial charge in [0, 0.05) is 6.04 Å². The van der Waals surface area contributed by atoms with Gasteiger partial charge in [0.1, 0.15) is 5.75 Å². The number of nitro groups is 1. The molecule has 4 aliphatic carbocycles. The van der Waals surface area contributed by atoms with Crippen molar-refractivity contribution in [1.29, 1.82) is 0 Å². The minimum absolute atomic E-state index is 0.0726. The van der Waals surface area contributed by atoms with Gasteiger partial charge in [-0.2, -0.15) is 0 Å². The van der Waals surface area contributed by atoms with Gasteiger partial charge in [0.05, 0.1) is 18.1 Å². The van der Waals surface area contributed by atoms with Crippen LogP contribution in [0.1, 0.15) is 45.4 Å². The summed E-state index contributed by atoms with van der Waals surface area (Å²) in [5.41, 5.74) is 0.0116. The molecule has 0 spiro atoms. The molecule has 1 aromatic carbocycles. The second kappa shape index (κ2) is 7.26. The quantitative estimate of drug-likeness (QED) is 0.568. The van der Waals surface area contributed by atoms with Gasteiger partial charge in [-0.3, -0.25) is 14.9 Å². The summed E-state index contributed by atoms with van der Waals surface area (Å²) in [4.78, 5) is 23.2. The van der Waals surface area contributed by atoms with Crippen molar-refractivity contribution >= 4 is 11.6 Å². The Morgan fingerprint density at radius 1 is 1.25 bits per heavy atom. The van der Waals surface area contributed by atoms with Crippen molar-refractivity contribution in [3.05, 3.63) is 28.3 Å². The fourth-order valence-electron chi connectivity index (χ4n) is 6.18. The standard InChI is InChI=1S/C21H28N2O5/c1-13(21-9-14-5-15(10-21)7-16(6-14)11-21)22-20(24)12-28-19-4-3-17(27-2)8-18(19)23(25)26/h3-4,8,13-16H,5-7,9-12H2,1-2H3,(H,22,24)/t13-,14?,15?,16?,21?/m1/s1. The van der Waals surface area contributed by atoms with Gasteiger partial charge in [-0.15, -0.1) is 0 Å². The van der Waals surface area contributed by atoms with Crippen LogP contribution < -0.4 is 14.8 Å². The Labute approximate surface area is 164 Å². The monoisotopic (exact) mass is 388 g/mol. The second-order valence-corrected chi connectivity index (χ2v) is 8.95. The number of rotatable bonds is 7. The number of hydrogen-bond donors (Lipinski definition) is 1. The average molecular weight is 388 g/mol. The number of methoxy groups -OCH3 is 1. The maximum atomic E-state index is 12.5. The average Bonchev–Trinajstić information content (AvgIpc) is 2.65. The first-order valence-electron chi connectivity index (χ1n) is 10.1. The Kier molecular flexibility index (Phi) is 4.93. The zero-order valence-corrected chi connectivity index (χ0v) is 16.5. The molecular weight excluding hydrogens is 360 g/mol. The molecule has 0 aromatic heterocycles. The molecule has 4 fully saturated rings. The lowest BCUT2D eigenvalue weighted by molar-refractivity contribution is -0.385. The van der Waals surface area contributed by atoms with Crippen LogP contribution in [-0.2, 0) is 4.79 Å². The Balaban J connectivity index is 1.37. The van der Waals surface area contributed by atoms with Crippen LogP contribution in [-0.4, -0.2) is 30.6 Å². The van der Waals surface area contributed by atoms with E-state index in [0.29, 0.717) is 5.75 Å². The van der Waals surface area contributed by atoms with Gasteiger partial charge in [-0.05, 0) is 80.8 Å². The highest BCUT2D eigenvalue weighted by molar-refractivity contribution is 5.78. The number of nitrogens with zero attached hydrogens (tertiary/aromatic N) is 1. The molecule has 1 aromatic rings. The molecule has 28 heavy (non-hydrogen) atoms. The van der Waals surface area contributed by atoms with E-state index < -0.39 is 4.92 Å². The highest BCUT2D eigenvalue weighted by atomic mass is 16.6. The predicted octanol–water partition coefficient (Wildman–Crippen LogP) is 3.70. The van der Waals surface area contributed by atoms with Gasteiger partial charge >= 0.3 is 5.69 Å². The van der Waals surface area contributed by atoms with Gasteiger partial charge in [0.25, 0.3) is 5.91 Å². The molecule has 0 radical (unpaired) electrons. The van der Waals surface area contributed by atoms with Crippen LogP contribution in [0.15, 0.2) is 18.2 Å². The second-order valence-electron chi connectivity index (χ2n) is 8.95. The van der Waals surface area contributed by atoms with E-state index in [1.807, 2.05) is 0 Å². The Morgan fingerprint density at radius 2 is 1.86 bits per heavy atom. The third kappa shape index (κ3) is 3.54. The van der Waals surface area contributed by atoms with E-state index in [9.17, 15) is 14.9 Å². The SMILES string of the molecule is COc1ccc(OCC(=O)N[C@H](C)C23CC4CC(CC(C4)C2)C3)c([N+](=O)[O-])c1. The summed E-state index contributed by atoms with van der Waals surface area (Å²) in [6.07, 6.45) is 7.74. The van der Waals surface area contributed by atoms with Gasteiger partial charge in [0.2, 0.25) is 0 Å². The van der Waals surface area contributed by atoms with E-state index >= 15 is 0 Å². The van der Waals surface area contributed by atoms with Crippen LogP contribution in [0.3, 0.4) is 0 Å². The summed E-state index contributed by atoms with van der Waals surface area (Å²) in [5, 5.41) is 14.4. The summed E-state index contributed by atoms with van der Waals surface area (Å²) < 4.78 is 10.5. The van der Waals surface area contributed by atoms with Crippen molar-refractivity contribution in [2.45, 2.75) is 51.5 Å². The first-order chi connectivity index (χ1) is 13.4. The van der Waals surface area contributed by atoms with Crippen molar-refractivity contribution in [2.24, 2.45) is 23.2 Å². The van der Waals surface area contributed by atoms with Crippen LogP contribution in [0, 0.1) is 33.3 Å². The number of carbonyl (C=O) groups is 1. The maximum absolute atomic E-state index is 12.5. The van der Waals surface area contributed by atoms with Crippen molar-refractivity contribution in [3.8, 4) is 11.5 Å². The summed E-state index contributed by atoms with van der Waals surface area (Å²) in [6, 6.07) is 4.44. The highest BCUT2D eigenvalue weighted by Crippen LogP contribution is 2.61. The molecule has 0 saturated heterocycles. The molecule has 4 bridgehead atoms. The minimum atomic E-state index is -0.534. The molecule has 152 valence electrons. The Morgan fingerprint density at radius 3 is 2.39 bits per heavy atom. The molecule has 0 aliphatic heterocycles. The first kappa shape index (κ1) is 19.0. The van der Waals surface area contributed by atoms with E-state index in [1.165, 1.54) is 57.8 Å². The molecule has 0 heterocycles. The fourth-order valence-corrected chi connectivity index (χ4v) is 6.18. The number of amides is 1. The minimum Gasteiger partial charge on any atom is -0.496 e. The summed E-state index contributed by atoms with van der Waals surface area (Å²) in [6.45, 7) is 1.88. The van der Waals surface area contributed by atoms with E-state index in [4.69, 9.17) is 9.47 Å². The summed E-state index contributed by atoms with van der Waals surface area (Å²) >= 11 is 0. The number of carbonyl (C=O) groups excluding carboxylic acids is 1. The van der Waals surface area contributed by atoms with Gasteiger partial charge in [0.15, 0.2) is 12.4 Å². The molecule has 0 unspecified atom stereocenters. The van der Waals surface area contributed by atoms with Gasteiger partial charge in [-0.25, -0.2) is 0 Å². The molecule has 1 N–H and O–H groups in total. The number of nitrogens with one attached hydrogen (secondary N) is 1. The lowest BCUT2D eigenvalue weighted by Gasteiger charge is -2.59. The highest BCUT2D eigenvalue weighted by Gasteiger charge is 2.53. The molecule has 1 atom stereocenters. The Hall–Kier alpha value is -2.31. The smallest absolute Gasteiger partial charge is 0.314 e. The summed E-state index contributed by atoms with van der Waals surface area (Å²) in [5.74, 6) is 2.69. The number of hydrogen-bond acceptors (Lipinski definition) is 5. The van der Waals surface area contributed by atoms with Crippen LogP contribution in [0.4, 0.5) is 5.69 Å². The third-order valence-corrected chi connectivity index (χ3v) is 7.10. The molecule has 7 nitrogen and oxygen atoms in total. The van der Waals surface area contributed by atoms with Crippen molar-refractivity contribution < 1.29 is 19.2 Å². The lowest BCUT2D eigenvalue weighted by Crippen LogP contribution is -2.56. The van der Waals surface area contributed by atoms with Gasteiger partial charge in [-0.1, -0.05) is 0 Å². The lowest BCUT2D eigenvalue weighted by atomic mass is 9.48. The normalized spacial score (nSPS) is 31.3. The Bertz CT molecular complexity index is 743. The van der Waals surface area contributed by atoms with Crippen LogP contribution >= 0.6 is 0 Å². The van der Waals surface area contributed by atoms with E-state index in [2.05, 4.69) is 12.2 Å². The zero-order chi connectivity index (χ0) is 19.9. The van der Waals surface area contributed by atoms with E-state index in [0.717, 1.165) is 17.8 Å². The molecule has 4 aliphatic rings. The van der Waals surface area contributed by atoms with Crippen LogP contribution in [0.2, 0.25) is 0 Å². The molecule has 7 heteroatoms. The fraction of sp³-hybridized carbons (Fsp3) is 0.667. The van der Waals surface area contributed by atoms with E-state index in [1.54, 1.807) is 6.07 Å². The first-order valence-corrected chi connectivity index (χ1v) is 10.1. The predicted molar refractivity (Wildman–Crippen MR) is 103 cm³/mol. The van der Waals surface area contributed by atoms with Crippen LogP contribution in [0.25, 0.3) is 0 Å². The number of ether oxygens (including phenoxy) is 2. The van der Waals surface area contributed by atoms with E-state index in [-0.39, 0.29) is 35.4 Å². The number of benzene rings is 1. The van der Waals surface area contributed by atoms with Crippen molar-refractivity contribution in [2.75, 3.05) is 13.7 Å². The number of nitro benzene ring substituents is 1. The maximum Gasteiger partial charge on any atom is 0.314 e. The topological polar surface area (TPSA) is 90.7 Å². The summed E-state index contributed by atoms with van der Waals surface area (Å²) in [7, 11) is 1.44. The largest absolute Gasteiger partial charge is 0.496 e.